The van der Waals surface area contributed by atoms with Gasteiger partial charge in [0, 0.05) is 59.7 Å². The lowest BCUT2D eigenvalue weighted by Crippen LogP contribution is -2.49. The summed E-state index contributed by atoms with van der Waals surface area (Å²) in [5, 5.41) is 3.52. The summed E-state index contributed by atoms with van der Waals surface area (Å²) in [5.74, 6) is -2.80. The average molecular weight is 536 g/mol. The van der Waals surface area contributed by atoms with Crippen molar-refractivity contribution in [3.05, 3.63) is 100 Å². The Morgan fingerprint density at radius 2 is 1.66 bits per heavy atom. The van der Waals surface area contributed by atoms with Gasteiger partial charge in [0.2, 0.25) is 0 Å². The highest BCUT2D eigenvalue weighted by Crippen LogP contribution is 2.43. The van der Waals surface area contributed by atoms with Gasteiger partial charge in [-0.1, -0.05) is 35.9 Å². The molecule has 4 aromatic rings. The van der Waals surface area contributed by atoms with Gasteiger partial charge in [-0.15, -0.1) is 0 Å². The molecular formula is C28H20ClF2N3O4. The van der Waals surface area contributed by atoms with E-state index in [0.29, 0.717) is 53.6 Å². The SMILES string of the molecule is O=C1Nc2ccccc2C2(CCN(C(=O)c3cn(C(=O)c4cc(F)cc(F)c4)c4cc(Cl)ccc34)CC2)O1. The molecule has 0 aliphatic carbocycles. The van der Waals surface area contributed by atoms with Crippen molar-refractivity contribution >= 4 is 46.1 Å². The standard InChI is InChI=1S/C28H20ClF2N3O4/c29-17-5-6-20-21(15-34(24(20)13-17)25(35)16-11-18(30)14-19(31)12-16)26(36)33-9-7-28(8-10-33)22-3-1-2-4-23(22)32-27(37)38-28/h1-6,11-15H,7-10H2,(H,32,37). The van der Waals surface area contributed by atoms with Gasteiger partial charge in [-0.05, 0) is 30.3 Å². The molecule has 1 spiro atoms. The summed E-state index contributed by atoms with van der Waals surface area (Å²) in [7, 11) is 0. The molecule has 3 aromatic carbocycles. The van der Waals surface area contributed by atoms with Crippen molar-refractivity contribution in [3.8, 4) is 0 Å². The maximum absolute atomic E-state index is 13.8. The number of ether oxygens (including phenoxy) is 1. The maximum Gasteiger partial charge on any atom is 0.412 e. The fourth-order valence-corrected chi connectivity index (χ4v) is 5.49. The molecular weight excluding hydrogens is 516 g/mol. The largest absolute Gasteiger partial charge is 0.438 e. The summed E-state index contributed by atoms with van der Waals surface area (Å²) in [6.45, 7) is 0.619. The molecule has 38 heavy (non-hydrogen) atoms. The van der Waals surface area contributed by atoms with E-state index in [1.165, 1.54) is 16.8 Å². The zero-order chi connectivity index (χ0) is 26.6. The van der Waals surface area contributed by atoms with E-state index in [4.69, 9.17) is 16.3 Å². The van der Waals surface area contributed by atoms with Crippen molar-refractivity contribution in [3.63, 3.8) is 0 Å². The highest BCUT2D eigenvalue weighted by Gasteiger charge is 2.45. The lowest BCUT2D eigenvalue weighted by Gasteiger charge is -2.44. The van der Waals surface area contributed by atoms with Crippen LogP contribution < -0.4 is 5.32 Å². The highest BCUT2D eigenvalue weighted by molar-refractivity contribution is 6.31. The molecule has 192 valence electrons. The van der Waals surface area contributed by atoms with Crippen LogP contribution in [0.3, 0.4) is 0 Å². The number of amides is 2. The Hall–Kier alpha value is -4.24. The first-order chi connectivity index (χ1) is 18.2. The van der Waals surface area contributed by atoms with Crippen LogP contribution >= 0.6 is 11.6 Å². The number of piperidine rings is 1. The second-order valence-electron chi connectivity index (χ2n) is 9.38. The summed E-state index contributed by atoms with van der Waals surface area (Å²) in [5.41, 5.74) is 1.10. The van der Waals surface area contributed by atoms with E-state index in [1.54, 1.807) is 17.0 Å². The van der Waals surface area contributed by atoms with Crippen LogP contribution in [0.1, 0.15) is 39.1 Å². The molecule has 1 fully saturated rings. The van der Waals surface area contributed by atoms with E-state index in [1.807, 2.05) is 24.3 Å². The summed E-state index contributed by atoms with van der Waals surface area (Å²) >= 11 is 6.18. The van der Waals surface area contributed by atoms with Crippen LogP contribution in [-0.2, 0) is 10.3 Å². The fourth-order valence-electron chi connectivity index (χ4n) is 5.32. The fraction of sp³-hybridized carbons (Fsp3) is 0.179. The van der Waals surface area contributed by atoms with Crippen LogP contribution in [0.25, 0.3) is 10.9 Å². The molecule has 6 rings (SSSR count). The maximum atomic E-state index is 13.8. The first kappa shape index (κ1) is 24.1. The zero-order valence-corrected chi connectivity index (χ0v) is 20.6. The molecule has 0 atom stereocenters. The first-order valence-corrected chi connectivity index (χ1v) is 12.3. The molecule has 10 heteroatoms. The average Bonchev–Trinajstić information content (AvgIpc) is 3.26. The number of carbonyl (C=O) groups excluding carboxylic acids is 3. The van der Waals surface area contributed by atoms with Crippen molar-refractivity contribution < 1.29 is 27.9 Å². The summed E-state index contributed by atoms with van der Waals surface area (Å²) in [6.07, 6.45) is 1.64. The number of rotatable bonds is 2. The predicted octanol–water partition coefficient (Wildman–Crippen LogP) is 5.96. The van der Waals surface area contributed by atoms with E-state index in [9.17, 15) is 23.2 Å². The highest BCUT2D eigenvalue weighted by atomic mass is 35.5. The van der Waals surface area contributed by atoms with E-state index in [-0.39, 0.29) is 17.0 Å². The van der Waals surface area contributed by atoms with Gasteiger partial charge in [0.05, 0.1) is 16.8 Å². The smallest absolute Gasteiger partial charge is 0.412 e. The number of hydrogen-bond acceptors (Lipinski definition) is 4. The Kier molecular flexibility index (Phi) is 5.68. The Bertz CT molecular complexity index is 1620. The van der Waals surface area contributed by atoms with Crippen molar-refractivity contribution in [2.45, 2.75) is 18.4 Å². The number of likely N-dealkylation sites (tertiary alicyclic amines) is 1. The van der Waals surface area contributed by atoms with Crippen LogP contribution in [0.4, 0.5) is 19.3 Å². The minimum Gasteiger partial charge on any atom is -0.438 e. The van der Waals surface area contributed by atoms with Crippen LogP contribution in [-0.4, -0.2) is 40.5 Å². The number of benzene rings is 3. The number of halogens is 3. The first-order valence-electron chi connectivity index (χ1n) is 11.9. The van der Waals surface area contributed by atoms with Gasteiger partial charge in [0.15, 0.2) is 0 Å². The van der Waals surface area contributed by atoms with Crippen molar-refractivity contribution in [1.82, 2.24) is 9.47 Å². The molecule has 0 saturated carbocycles. The molecule has 7 nitrogen and oxygen atoms in total. The van der Waals surface area contributed by atoms with E-state index in [0.717, 1.165) is 17.7 Å². The molecule has 1 aromatic heterocycles. The molecule has 2 aliphatic heterocycles. The summed E-state index contributed by atoms with van der Waals surface area (Å²) in [6, 6.07) is 14.7. The zero-order valence-electron chi connectivity index (χ0n) is 19.8. The second kappa shape index (κ2) is 8.95. The molecule has 3 heterocycles. The van der Waals surface area contributed by atoms with Gasteiger partial charge in [-0.2, -0.15) is 0 Å². The van der Waals surface area contributed by atoms with Crippen LogP contribution in [0.15, 0.2) is 66.9 Å². The predicted molar refractivity (Wildman–Crippen MR) is 136 cm³/mol. The normalized spacial score (nSPS) is 16.2. The third-order valence-corrected chi connectivity index (χ3v) is 7.36. The van der Waals surface area contributed by atoms with Gasteiger partial charge in [0.1, 0.15) is 17.2 Å². The lowest BCUT2D eigenvalue weighted by molar-refractivity contribution is -0.0331. The molecule has 0 radical (unpaired) electrons. The number of hydrogen-bond donors (Lipinski definition) is 1. The molecule has 2 aliphatic rings. The number of nitrogens with one attached hydrogen (secondary N) is 1. The monoisotopic (exact) mass is 535 g/mol. The Labute approximate surface area is 220 Å². The quantitative estimate of drug-likeness (QED) is 0.344. The molecule has 2 amide bonds. The third-order valence-electron chi connectivity index (χ3n) is 7.13. The van der Waals surface area contributed by atoms with Crippen molar-refractivity contribution in [2.75, 3.05) is 18.4 Å². The Morgan fingerprint density at radius 1 is 0.947 bits per heavy atom. The minimum absolute atomic E-state index is 0.204. The van der Waals surface area contributed by atoms with E-state index in [2.05, 4.69) is 5.32 Å². The minimum atomic E-state index is -0.887. The Balaban J connectivity index is 1.32. The van der Waals surface area contributed by atoms with Crippen LogP contribution in [0.5, 0.6) is 0 Å². The molecule has 0 unspecified atom stereocenters. The van der Waals surface area contributed by atoms with Gasteiger partial charge >= 0.3 is 6.09 Å². The third kappa shape index (κ3) is 3.99. The van der Waals surface area contributed by atoms with E-state index < -0.39 is 29.2 Å². The van der Waals surface area contributed by atoms with Crippen LogP contribution in [0, 0.1) is 11.6 Å². The van der Waals surface area contributed by atoms with Gasteiger partial charge in [-0.3, -0.25) is 19.5 Å². The topological polar surface area (TPSA) is 80.6 Å². The molecule has 1 saturated heterocycles. The van der Waals surface area contributed by atoms with Crippen molar-refractivity contribution in [1.29, 1.82) is 0 Å². The van der Waals surface area contributed by atoms with E-state index >= 15 is 0 Å². The number of nitrogens with zero attached hydrogens (tertiary/aromatic N) is 2. The van der Waals surface area contributed by atoms with Gasteiger partial charge in [0.25, 0.3) is 11.8 Å². The summed E-state index contributed by atoms with van der Waals surface area (Å²) in [4.78, 5) is 40.8. The number of fused-ring (bicyclic) bond motifs is 3. The number of anilines is 1. The Morgan fingerprint density at radius 3 is 2.39 bits per heavy atom. The molecule has 1 N–H and O–H groups in total. The van der Waals surface area contributed by atoms with Crippen molar-refractivity contribution in [2.24, 2.45) is 0 Å². The second-order valence-corrected chi connectivity index (χ2v) is 9.82. The van der Waals surface area contributed by atoms with Gasteiger partial charge in [-0.25, -0.2) is 13.6 Å². The van der Waals surface area contributed by atoms with Crippen LogP contribution in [0.2, 0.25) is 5.02 Å². The van der Waals surface area contributed by atoms with Gasteiger partial charge < -0.3 is 9.64 Å². The molecule has 0 bridgehead atoms. The number of para-hydroxylation sites is 1. The number of aromatic nitrogens is 1. The number of carbonyl (C=O) groups is 3. The summed E-state index contributed by atoms with van der Waals surface area (Å²) < 4.78 is 34.5. The lowest BCUT2D eigenvalue weighted by atomic mass is 9.82.